The van der Waals surface area contributed by atoms with Crippen molar-refractivity contribution >= 4 is 23.6 Å². The Morgan fingerprint density at radius 2 is 1.63 bits per heavy atom. The van der Waals surface area contributed by atoms with Crippen LogP contribution in [0.5, 0.6) is 5.75 Å². The van der Waals surface area contributed by atoms with E-state index in [1.807, 2.05) is 45.9 Å². The average Bonchev–Trinajstić information content (AvgIpc) is 3.67. The molecule has 0 aliphatic heterocycles. The highest BCUT2D eigenvalue weighted by atomic mass is 16.6. The monoisotopic (exact) mass is 523 g/mol. The van der Waals surface area contributed by atoms with Crippen LogP contribution in [0.3, 0.4) is 0 Å². The molecule has 1 aliphatic carbocycles. The van der Waals surface area contributed by atoms with Crippen LogP contribution in [-0.4, -0.2) is 45.6 Å². The molecule has 3 N–H and O–H groups in total. The zero-order valence-corrected chi connectivity index (χ0v) is 23.5. The molecular weight excluding hydrogens is 482 g/mol. The third-order valence-electron chi connectivity index (χ3n) is 6.81. The van der Waals surface area contributed by atoms with E-state index in [-0.39, 0.29) is 29.5 Å². The number of ether oxygens (including phenoxy) is 1. The van der Waals surface area contributed by atoms with E-state index >= 15 is 0 Å². The van der Waals surface area contributed by atoms with Gasteiger partial charge in [0, 0.05) is 11.7 Å². The van der Waals surface area contributed by atoms with Gasteiger partial charge in [-0.25, -0.2) is 4.79 Å². The van der Waals surface area contributed by atoms with Crippen LogP contribution in [0.4, 0.5) is 10.5 Å². The number of anilines is 1. The van der Waals surface area contributed by atoms with Crippen molar-refractivity contribution in [3.63, 3.8) is 0 Å². The third kappa shape index (κ3) is 7.27. The van der Waals surface area contributed by atoms with Crippen LogP contribution in [0.25, 0.3) is 0 Å². The van der Waals surface area contributed by atoms with E-state index in [0.717, 1.165) is 24.0 Å². The number of benzene rings is 2. The maximum Gasteiger partial charge on any atom is 0.408 e. The first-order valence-electron chi connectivity index (χ1n) is 13.3. The zero-order valence-electron chi connectivity index (χ0n) is 23.5. The van der Waals surface area contributed by atoms with Crippen molar-refractivity contribution in [3.8, 4) is 5.75 Å². The van der Waals surface area contributed by atoms with Crippen LogP contribution in [0, 0.1) is 19.8 Å². The topological polar surface area (TPSA) is 108 Å². The molecule has 0 heterocycles. The summed E-state index contributed by atoms with van der Waals surface area (Å²) in [4.78, 5) is 42.5. The standard InChI is InChI=1S/C30H41N3O5/c1-8-18(2)25(32-29(37)38-30(5,6)7)28(36)33(22-14-15-22)26(21-12-16-23(34)17-13-21)27(35)31-24-19(3)10-9-11-20(24)4/h9-13,16-18,22,25-26,34H,8,14-15H2,1-7H3,(H,31,35)(H,32,37). The molecule has 1 saturated carbocycles. The number of nitrogens with one attached hydrogen (secondary N) is 2. The Labute approximate surface area is 225 Å². The Balaban J connectivity index is 2.02. The lowest BCUT2D eigenvalue weighted by atomic mass is 9.95. The fraction of sp³-hybridized carbons (Fsp3) is 0.500. The Morgan fingerprint density at radius 1 is 1.05 bits per heavy atom. The van der Waals surface area contributed by atoms with Crippen LogP contribution in [0.1, 0.15) is 76.6 Å². The van der Waals surface area contributed by atoms with Crippen molar-refractivity contribution < 1.29 is 24.2 Å². The summed E-state index contributed by atoms with van der Waals surface area (Å²) in [6.07, 6.45) is 1.49. The van der Waals surface area contributed by atoms with Gasteiger partial charge >= 0.3 is 6.09 Å². The minimum absolute atomic E-state index is 0.0658. The fourth-order valence-electron chi connectivity index (χ4n) is 4.45. The second-order valence-corrected chi connectivity index (χ2v) is 11.2. The largest absolute Gasteiger partial charge is 0.508 e. The first-order valence-corrected chi connectivity index (χ1v) is 13.3. The van der Waals surface area contributed by atoms with E-state index < -0.39 is 23.8 Å². The maximum atomic E-state index is 14.2. The maximum absolute atomic E-state index is 14.2. The smallest absolute Gasteiger partial charge is 0.408 e. The highest BCUT2D eigenvalue weighted by Gasteiger charge is 2.45. The van der Waals surface area contributed by atoms with Gasteiger partial charge in [0.2, 0.25) is 5.91 Å². The molecule has 38 heavy (non-hydrogen) atoms. The number of aromatic hydroxyl groups is 1. The van der Waals surface area contributed by atoms with Gasteiger partial charge in [-0.05, 0) is 82.2 Å². The van der Waals surface area contributed by atoms with Crippen LogP contribution in [0.15, 0.2) is 42.5 Å². The molecule has 3 atom stereocenters. The molecule has 1 fully saturated rings. The molecule has 8 heteroatoms. The summed E-state index contributed by atoms with van der Waals surface area (Å²) in [6.45, 7) is 13.0. The minimum atomic E-state index is -0.957. The fourth-order valence-corrected chi connectivity index (χ4v) is 4.45. The first kappa shape index (κ1) is 29.0. The number of hydrogen-bond acceptors (Lipinski definition) is 5. The second kappa shape index (κ2) is 11.9. The number of para-hydroxylation sites is 1. The number of amides is 3. The van der Waals surface area contributed by atoms with Crippen molar-refractivity contribution in [2.75, 3.05) is 5.32 Å². The summed E-state index contributed by atoms with van der Waals surface area (Å²) in [6, 6.07) is 10.1. The predicted octanol–water partition coefficient (Wildman–Crippen LogP) is 5.62. The number of aryl methyl sites for hydroxylation is 2. The van der Waals surface area contributed by atoms with Crippen molar-refractivity contribution in [1.29, 1.82) is 0 Å². The number of phenolic OH excluding ortho intramolecular Hbond substituents is 1. The summed E-state index contributed by atoms with van der Waals surface area (Å²) in [7, 11) is 0. The predicted molar refractivity (Wildman–Crippen MR) is 148 cm³/mol. The number of alkyl carbamates (subject to hydrolysis) is 1. The molecule has 0 radical (unpaired) electrons. The van der Waals surface area contributed by atoms with E-state index in [9.17, 15) is 19.5 Å². The Bertz CT molecular complexity index is 1130. The molecule has 3 amide bonds. The number of hydrogen-bond donors (Lipinski definition) is 3. The summed E-state index contributed by atoms with van der Waals surface area (Å²) in [5.74, 6) is -0.814. The third-order valence-corrected chi connectivity index (χ3v) is 6.81. The van der Waals surface area contributed by atoms with Gasteiger partial charge < -0.3 is 25.4 Å². The van der Waals surface area contributed by atoms with Crippen LogP contribution in [-0.2, 0) is 14.3 Å². The SMILES string of the molecule is CCC(C)C(NC(=O)OC(C)(C)C)C(=O)N(C1CC1)C(C(=O)Nc1c(C)cccc1C)c1ccc(O)cc1. The molecule has 0 aromatic heterocycles. The number of nitrogens with zero attached hydrogens (tertiary/aromatic N) is 1. The van der Waals surface area contributed by atoms with Crippen molar-refractivity contribution in [1.82, 2.24) is 10.2 Å². The molecule has 206 valence electrons. The van der Waals surface area contributed by atoms with E-state index in [1.165, 1.54) is 12.1 Å². The first-order chi connectivity index (χ1) is 17.8. The summed E-state index contributed by atoms with van der Waals surface area (Å²) >= 11 is 0. The zero-order chi connectivity index (χ0) is 28.2. The van der Waals surface area contributed by atoms with E-state index in [2.05, 4.69) is 10.6 Å². The highest BCUT2D eigenvalue weighted by Crippen LogP contribution is 2.37. The Kier molecular flexibility index (Phi) is 9.07. The second-order valence-electron chi connectivity index (χ2n) is 11.2. The molecule has 2 aromatic rings. The molecular formula is C30H41N3O5. The van der Waals surface area contributed by atoms with E-state index in [4.69, 9.17) is 4.74 Å². The van der Waals surface area contributed by atoms with Gasteiger partial charge in [0.1, 0.15) is 23.4 Å². The molecule has 8 nitrogen and oxygen atoms in total. The molecule has 1 aliphatic rings. The number of carbonyl (C=O) groups excluding carboxylic acids is 3. The quantitative estimate of drug-likeness (QED) is 0.395. The van der Waals surface area contributed by atoms with Gasteiger partial charge in [0.25, 0.3) is 5.91 Å². The van der Waals surface area contributed by atoms with Crippen LogP contribution >= 0.6 is 0 Å². The molecule has 0 saturated heterocycles. The molecule has 0 bridgehead atoms. The molecule has 0 spiro atoms. The molecule has 3 unspecified atom stereocenters. The Morgan fingerprint density at radius 3 is 2.13 bits per heavy atom. The summed E-state index contributed by atoms with van der Waals surface area (Å²) in [5, 5.41) is 15.7. The van der Waals surface area contributed by atoms with E-state index in [0.29, 0.717) is 17.7 Å². The highest BCUT2D eigenvalue weighted by molar-refractivity contribution is 6.00. The number of rotatable bonds is 9. The Hall–Kier alpha value is -3.55. The number of phenols is 1. The minimum Gasteiger partial charge on any atom is -0.508 e. The van der Waals surface area contributed by atoms with Crippen LogP contribution < -0.4 is 10.6 Å². The lowest BCUT2D eigenvalue weighted by Crippen LogP contribution is -2.55. The van der Waals surface area contributed by atoms with Gasteiger partial charge in [0.15, 0.2) is 0 Å². The van der Waals surface area contributed by atoms with Gasteiger partial charge in [-0.2, -0.15) is 0 Å². The van der Waals surface area contributed by atoms with Gasteiger partial charge in [0.05, 0.1) is 0 Å². The van der Waals surface area contributed by atoms with Gasteiger partial charge in [-0.3, -0.25) is 9.59 Å². The van der Waals surface area contributed by atoms with Crippen molar-refractivity contribution in [2.24, 2.45) is 5.92 Å². The summed E-state index contributed by atoms with van der Waals surface area (Å²) < 4.78 is 5.45. The van der Waals surface area contributed by atoms with Crippen molar-refractivity contribution in [2.45, 2.75) is 91.5 Å². The van der Waals surface area contributed by atoms with Gasteiger partial charge in [-0.1, -0.05) is 50.6 Å². The van der Waals surface area contributed by atoms with Crippen molar-refractivity contribution in [3.05, 3.63) is 59.2 Å². The lowest BCUT2D eigenvalue weighted by Gasteiger charge is -2.36. The van der Waals surface area contributed by atoms with Gasteiger partial charge in [-0.15, -0.1) is 0 Å². The number of carbonyl (C=O) groups is 3. The average molecular weight is 524 g/mol. The lowest BCUT2D eigenvalue weighted by molar-refractivity contribution is -0.142. The molecule has 3 rings (SSSR count). The normalized spacial score (nSPS) is 15.7. The van der Waals surface area contributed by atoms with Crippen LogP contribution in [0.2, 0.25) is 0 Å². The summed E-state index contributed by atoms with van der Waals surface area (Å²) in [5.41, 5.74) is 2.39. The van der Waals surface area contributed by atoms with E-state index in [1.54, 1.807) is 37.8 Å². The molecule has 2 aromatic carbocycles.